The van der Waals surface area contributed by atoms with Crippen molar-refractivity contribution in [2.24, 2.45) is 16.7 Å². The molecule has 20 heavy (non-hydrogen) atoms. The summed E-state index contributed by atoms with van der Waals surface area (Å²) >= 11 is 1.31. The van der Waals surface area contributed by atoms with Gasteiger partial charge in [-0.25, -0.2) is 9.78 Å². The lowest BCUT2D eigenvalue weighted by Crippen LogP contribution is -2.29. The molecule has 1 saturated carbocycles. The van der Waals surface area contributed by atoms with Gasteiger partial charge in [0.1, 0.15) is 0 Å². The van der Waals surface area contributed by atoms with Crippen LogP contribution in [0, 0.1) is 16.7 Å². The highest BCUT2D eigenvalue weighted by Crippen LogP contribution is 2.68. The molecule has 0 spiro atoms. The first-order chi connectivity index (χ1) is 9.18. The first-order valence-corrected chi connectivity index (χ1v) is 7.51. The molecule has 2 rings (SSSR count). The number of carbonyl (C=O) groups excluding carboxylic acids is 1. The lowest BCUT2D eigenvalue weighted by atomic mass is 10.0. The summed E-state index contributed by atoms with van der Waals surface area (Å²) in [5, 5.41) is 14.0. The Labute approximate surface area is 122 Å². The number of carboxylic acid groups (broad SMARTS) is 1. The van der Waals surface area contributed by atoms with Gasteiger partial charge in [-0.2, -0.15) is 0 Å². The third-order valence-corrected chi connectivity index (χ3v) is 5.60. The summed E-state index contributed by atoms with van der Waals surface area (Å²) < 4.78 is 0. The molecule has 110 valence electrons. The van der Waals surface area contributed by atoms with E-state index in [0.717, 1.165) is 5.01 Å². The number of carboxylic acids is 1. The van der Waals surface area contributed by atoms with Crippen molar-refractivity contribution in [3.8, 4) is 0 Å². The minimum Gasteiger partial charge on any atom is -0.476 e. The van der Waals surface area contributed by atoms with Gasteiger partial charge in [-0.3, -0.25) is 4.79 Å². The largest absolute Gasteiger partial charge is 0.476 e. The van der Waals surface area contributed by atoms with E-state index < -0.39 is 5.97 Å². The maximum absolute atomic E-state index is 12.1. The van der Waals surface area contributed by atoms with Crippen molar-refractivity contribution in [3.63, 3.8) is 0 Å². The topological polar surface area (TPSA) is 79.3 Å². The Morgan fingerprint density at radius 1 is 1.35 bits per heavy atom. The van der Waals surface area contributed by atoms with Crippen molar-refractivity contribution in [2.45, 2.75) is 34.1 Å². The van der Waals surface area contributed by atoms with Crippen LogP contribution in [0.25, 0.3) is 0 Å². The summed E-state index contributed by atoms with van der Waals surface area (Å²) in [6, 6.07) is 0. The number of nitrogens with one attached hydrogen (secondary N) is 1. The minimum atomic E-state index is -1.02. The molecule has 1 aliphatic rings. The van der Waals surface area contributed by atoms with E-state index in [9.17, 15) is 9.59 Å². The summed E-state index contributed by atoms with van der Waals surface area (Å²) in [6.07, 6.45) is 0.567. The second kappa shape index (κ2) is 4.84. The van der Waals surface area contributed by atoms with Crippen LogP contribution in [0.4, 0.5) is 0 Å². The third-order valence-electron chi connectivity index (χ3n) is 4.69. The van der Waals surface area contributed by atoms with E-state index in [1.165, 1.54) is 16.7 Å². The quantitative estimate of drug-likeness (QED) is 0.873. The molecular formula is C14H20N2O3S. The van der Waals surface area contributed by atoms with Crippen molar-refractivity contribution < 1.29 is 14.7 Å². The number of thiazole rings is 1. The normalized spacial score (nSPS) is 19.6. The number of aromatic nitrogens is 1. The lowest BCUT2D eigenvalue weighted by molar-refractivity contribution is -0.123. The fourth-order valence-electron chi connectivity index (χ4n) is 2.77. The summed E-state index contributed by atoms with van der Waals surface area (Å²) in [5.41, 5.74) is 0.143. The van der Waals surface area contributed by atoms with Crippen molar-refractivity contribution in [1.29, 1.82) is 0 Å². The van der Waals surface area contributed by atoms with E-state index in [-0.39, 0.29) is 28.3 Å². The molecule has 0 atom stereocenters. The summed E-state index contributed by atoms with van der Waals surface area (Å²) in [4.78, 5) is 26.8. The number of carbonyl (C=O) groups is 2. The van der Waals surface area contributed by atoms with E-state index >= 15 is 0 Å². The predicted octanol–water partition coefficient (Wildman–Crippen LogP) is 2.18. The molecule has 0 aliphatic heterocycles. The molecule has 1 aliphatic carbocycles. The van der Waals surface area contributed by atoms with Crippen LogP contribution < -0.4 is 5.32 Å². The molecular weight excluding hydrogens is 276 g/mol. The van der Waals surface area contributed by atoms with Gasteiger partial charge in [-0.15, -0.1) is 11.3 Å². The zero-order valence-electron chi connectivity index (χ0n) is 12.2. The zero-order chi connectivity index (χ0) is 15.1. The monoisotopic (exact) mass is 296 g/mol. The third kappa shape index (κ3) is 2.44. The Bertz CT molecular complexity index is 534. The van der Waals surface area contributed by atoms with Crippen LogP contribution in [0.1, 0.15) is 43.2 Å². The number of nitrogens with zero attached hydrogens (tertiary/aromatic N) is 1. The van der Waals surface area contributed by atoms with E-state index in [1.54, 1.807) is 0 Å². The van der Waals surface area contributed by atoms with Crippen LogP contribution in [0.15, 0.2) is 5.38 Å². The molecule has 0 saturated heterocycles. The van der Waals surface area contributed by atoms with Gasteiger partial charge < -0.3 is 10.4 Å². The maximum Gasteiger partial charge on any atom is 0.355 e. The van der Waals surface area contributed by atoms with Crippen LogP contribution in [-0.2, 0) is 11.2 Å². The molecule has 1 fully saturated rings. The molecule has 0 unspecified atom stereocenters. The van der Waals surface area contributed by atoms with Gasteiger partial charge in [0.05, 0.1) is 5.01 Å². The fraction of sp³-hybridized carbons (Fsp3) is 0.643. The Morgan fingerprint density at radius 3 is 2.40 bits per heavy atom. The summed E-state index contributed by atoms with van der Waals surface area (Å²) in [6.45, 7) is 8.93. The van der Waals surface area contributed by atoms with Gasteiger partial charge >= 0.3 is 5.97 Å². The van der Waals surface area contributed by atoms with Crippen LogP contribution in [0.3, 0.4) is 0 Å². The van der Waals surface area contributed by atoms with Crippen molar-refractivity contribution in [3.05, 3.63) is 16.1 Å². The first-order valence-electron chi connectivity index (χ1n) is 6.63. The molecule has 6 heteroatoms. The average Bonchev–Trinajstić information content (AvgIpc) is 2.69. The molecule has 2 N–H and O–H groups in total. The Kier molecular flexibility index (Phi) is 3.62. The molecule has 1 aromatic rings. The smallest absolute Gasteiger partial charge is 0.355 e. The van der Waals surface area contributed by atoms with Gasteiger partial charge in [-0.05, 0) is 10.8 Å². The lowest BCUT2D eigenvalue weighted by Gasteiger charge is -2.05. The Hall–Kier alpha value is -1.43. The van der Waals surface area contributed by atoms with E-state index in [0.29, 0.717) is 13.0 Å². The van der Waals surface area contributed by atoms with Crippen LogP contribution in [-0.4, -0.2) is 28.5 Å². The molecule has 1 heterocycles. The predicted molar refractivity (Wildman–Crippen MR) is 76.8 cm³/mol. The first kappa shape index (κ1) is 15.0. The fourth-order valence-corrected chi connectivity index (χ4v) is 3.54. The molecule has 1 aromatic heterocycles. The number of aromatic carboxylic acids is 1. The second-order valence-corrected chi connectivity index (χ2v) is 7.29. The van der Waals surface area contributed by atoms with E-state index in [1.807, 2.05) is 0 Å². The van der Waals surface area contributed by atoms with Crippen LogP contribution >= 0.6 is 11.3 Å². The second-order valence-electron chi connectivity index (χ2n) is 6.35. The van der Waals surface area contributed by atoms with Gasteiger partial charge in [0.2, 0.25) is 5.91 Å². The zero-order valence-corrected chi connectivity index (χ0v) is 13.0. The maximum atomic E-state index is 12.1. The number of hydrogen-bond acceptors (Lipinski definition) is 4. The molecule has 0 bridgehead atoms. The van der Waals surface area contributed by atoms with Gasteiger partial charge in [0, 0.05) is 24.3 Å². The number of amides is 1. The molecule has 0 radical (unpaired) electrons. The van der Waals surface area contributed by atoms with Gasteiger partial charge in [0.15, 0.2) is 5.69 Å². The Balaban J connectivity index is 1.82. The van der Waals surface area contributed by atoms with Crippen molar-refractivity contribution in [1.82, 2.24) is 10.3 Å². The number of rotatable bonds is 5. The van der Waals surface area contributed by atoms with Gasteiger partial charge in [0.25, 0.3) is 0 Å². The highest BCUT2D eigenvalue weighted by Gasteiger charge is 2.68. The average molecular weight is 296 g/mol. The standard InChI is InChI=1S/C14H20N2O3S/c1-13(2)10(14(13,3)4)11(17)15-6-5-9-16-8(7-20-9)12(18)19/h7,10H,5-6H2,1-4H3,(H,15,17)(H,18,19). The van der Waals surface area contributed by atoms with Crippen molar-refractivity contribution >= 4 is 23.2 Å². The van der Waals surface area contributed by atoms with Crippen molar-refractivity contribution in [2.75, 3.05) is 6.54 Å². The highest BCUT2D eigenvalue weighted by molar-refractivity contribution is 7.09. The molecule has 5 nitrogen and oxygen atoms in total. The molecule has 0 aromatic carbocycles. The SMILES string of the molecule is CC1(C)C(C(=O)NCCc2nc(C(=O)O)cs2)C1(C)C. The summed E-state index contributed by atoms with van der Waals surface area (Å²) in [5.74, 6) is -0.895. The van der Waals surface area contributed by atoms with Crippen LogP contribution in [0.2, 0.25) is 0 Å². The summed E-state index contributed by atoms with van der Waals surface area (Å²) in [7, 11) is 0. The number of hydrogen-bond donors (Lipinski definition) is 2. The van der Waals surface area contributed by atoms with Gasteiger partial charge in [-0.1, -0.05) is 27.7 Å². The molecule has 1 amide bonds. The van der Waals surface area contributed by atoms with E-state index in [4.69, 9.17) is 5.11 Å². The Morgan fingerprint density at radius 2 is 1.95 bits per heavy atom. The minimum absolute atomic E-state index is 0.0365. The van der Waals surface area contributed by atoms with E-state index in [2.05, 4.69) is 38.0 Å². The van der Waals surface area contributed by atoms with Crippen LogP contribution in [0.5, 0.6) is 0 Å². The highest BCUT2D eigenvalue weighted by atomic mass is 32.1.